The van der Waals surface area contributed by atoms with Crippen LogP contribution in [0.15, 0.2) is 18.2 Å². The number of carbonyl (C=O) groups excluding carboxylic acids is 1. The first kappa shape index (κ1) is 17.7. The molecular weight excluding hydrogens is 300 g/mol. The van der Waals surface area contributed by atoms with Crippen molar-refractivity contribution in [3.8, 4) is 0 Å². The number of amides is 2. The fraction of sp³-hybridized carbons (Fsp3) is 0.588. The molecule has 0 aliphatic carbocycles. The van der Waals surface area contributed by atoms with Gasteiger partial charge in [0.25, 0.3) is 0 Å². The Labute approximate surface area is 136 Å². The van der Waals surface area contributed by atoms with E-state index >= 15 is 0 Å². The Kier molecular flexibility index (Phi) is 5.93. The molecule has 1 aliphatic rings. The topological polar surface area (TPSA) is 35.6 Å². The zero-order chi connectivity index (χ0) is 17.0. The van der Waals surface area contributed by atoms with Gasteiger partial charge in [0, 0.05) is 26.2 Å². The summed E-state index contributed by atoms with van der Waals surface area (Å²) in [6.45, 7) is 4.37. The quantitative estimate of drug-likeness (QED) is 0.923. The standard InChI is InChI=1S/C17H25F2N3O/c1-12-11-21(2)10-8-15(12)22(3)17(23)20-9-7-13-5-4-6-14(18)16(13)19/h4-6,12,15H,7-11H2,1-3H3,(H,20,23). The molecule has 6 heteroatoms. The van der Waals surface area contributed by atoms with Crippen molar-refractivity contribution in [2.45, 2.75) is 25.8 Å². The van der Waals surface area contributed by atoms with E-state index in [2.05, 4.69) is 24.2 Å². The molecule has 0 spiro atoms. The van der Waals surface area contributed by atoms with Crippen molar-refractivity contribution in [2.24, 2.45) is 5.92 Å². The number of piperidine rings is 1. The SMILES string of the molecule is CC1CN(C)CCC1N(C)C(=O)NCCc1cccc(F)c1F. The minimum absolute atomic E-state index is 0.164. The van der Waals surface area contributed by atoms with E-state index in [1.165, 1.54) is 12.1 Å². The number of hydrogen-bond donors (Lipinski definition) is 1. The maximum Gasteiger partial charge on any atom is 0.317 e. The summed E-state index contributed by atoms with van der Waals surface area (Å²) in [4.78, 5) is 16.2. The monoisotopic (exact) mass is 325 g/mol. The minimum atomic E-state index is -0.855. The van der Waals surface area contributed by atoms with Crippen molar-refractivity contribution < 1.29 is 13.6 Å². The summed E-state index contributed by atoms with van der Waals surface area (Å²) in [6.07, 6.45) is 1.21. The van der Waals surface area contributed by atoms with E-state index in [0.717, 1.165) is 25.6 Å². The van der Waals surface area contributed by atoms with Gasteiger partial charge in [-0.2, -0.15) is 0 Å². The number of urea groups is 1. The Morgan fingerprint density at radius 1 is 1.43 bits per heavy atom. The Morgan fingerprint density at radius 2 is 2.17 bits per heavy atom. The lowest BCUT2D eigenvalue weighted by Gasteiger charge is -2.39. The van der Waals surface area contributed by atoms with Crippen LogP contribution in [0.5, 0.6) is 0 Å². The number of likely N-dealkylation sites (tertiary alicyclic amines) is 1. The minimum Gasteiger partial charge on any atom is -0.338 e. The van der Waals surface area contributed by atoms with E-state index in [0.29, 0.717) is 5.92 Å². The van der Waals surface area contributed by atoms with E-state index in [-0.39, 0.29) is 30.6 Å². The van der Waals surface area contributed by atoms with Crippen LogP contribution in [0.25, 0.3) is 0 Å². The number of nitrogens with zero attached hydrogens (tertiary/aromatic N) is 2. The van der Waals surface area contributed by atoms with Gasteiger partial charge in [0.2, 0.25) is 0 Å². The van der Waals surface area contributed by atoms with Crippen LogP contribution in [0.1, 0.15) is 18.9 Å². The fourth-order valence-electron chi connectivity index (χ4n) is 3.24. The maximum atomic E-state index is 13.6. The third kappa shape index (κ3) is 4.41. The van der Waals surface area contributed by atoms with Gasteiger partial charge in [-0.1, -0.05) is 19.1 Å². The normalized spacial score (nSPS) is 22.0. The second kappa shape index (κ2) is 7.73. The predicted octanol–water partition coefficient (Wildman–Crippen LogP) is 2.49. The van der Waals surface area contributed by atoms with Crippen LogP contribution in [-0.2, 0) is 6.42 Å². The zero-order valence-corrected chi connectivity index (χ0v) is 14.0. The molecule has 1 fully saturated rings. The van der Waals surface area contributed by atoms with Crippen molar-refractivity contribution in [1.29, 1.82) is 0 Å². The molecule has 1 aliphatic heterocycles. The average Bonchev–Trinajstić information content (AvgIpc) is 2.50. The van der Waals surface area contributed by atoms with E-state index in [1.807, 2.05) is 0 Å². The van der Waals surface area contributed by atoms with Gasteiger partial charge in [0.15, 0.2) is 11.6 Å². The van der Waals surface area contributed by atoms with E-state index in [4.69, 9.17) is 0 Å². The van der Waals surface area contributed by atoms with Gasteiger partial charge >= 0.3 is 6.03 Å². The molecule has 23 heavy (non-hydrogen) atoms. The summed E-state index contributed by atoms with van der Waals surface area (Å²) in [5, 5.41) is 2.79. The maximum absolute atomic E-state index is 13.6. The van der Waals surface area contributed by atoms with Gasteiger partial charge in [0.05, 0.1) is 0 Å². The highest BCUT2D eigenvalue weighted by Crippen LogP contribution is 2.20. The molecule has 2 unspecified atom stereocenters. The highest BCUT2D eigenvalue weighted by molar-refractivity contribution is 5.74. The van der Waals surface area contributed by atoms with Gasteiger partial charge in [0.1, 0.15) is 0 Å². The molecule has 2 atom stereocenters. The first-order valence-corrected chi connectivity index (χ1v) is 8.02. The lowest BCUT2D eigenvalue weighted by molar-refractivity contribution is 0.107. The third-order valence-electron chi connectivity index (χ3n) is 4.58. The Balaban J connectivity index is 1.83. The van der Waals surface area contributed by atoms with Crippen LogP contribution in [-0.4, -0.2) is 55.6 Å². The van der Waals surface area contributed by atoms with Crippen LogP contribution in [0, 0.1) is 17.6 Å². The molecule has 2 amide bonds. The van der Waals surface area contributed by atoms with Crippen molar-refractivity contribution in [3.05, 3.63) is 35.4 Å². The average molecular weight is 325 g/mol. The van der Waals surface area contributed by atoms with Crippen LogP contribution in [0.2, 0.25) is 0 Å². The highest BCUT2D eigenvalue weighted by Gasteiger charge is 2.29. The van der Waals surface area contributed by atoms with Gasteiger partial charge in [-0.15, -0.1) is 0 Å². The highest BCUT2D eigenvalue weighted by atomic mass is 19.2. The Morgan fingerprint density at radius 3 is 2.87 bits per heavy atom. The van der Waals surface area contributed by atoms with Crippen molar-refractivity contribution in [2.75, 3.05) is 33.7 Å². The molecule has 1 N–H and O–H groups in total. The number of halogens is 2. The van der Waals surface area contributed by atoms with Crippen LogP contribution < -0.4 is 5.32 Å². The summed E-state index contributed by atoms with van der Waals surface area (Å²) >= 11 is 0. The molecule has 1 saturated heterocycles. The number of rotatable bonds is 4. The number of nitrogens with one attached hydrogen (secondary N) is 1. The summed E-state index contributed by atoms with van der Waals surface area (Å²) in [7, 11) is 3.88. The van der Waals surface area contributed by atoms with E-state index in [1.54, 1.807) is 11.9 Å². The largest absolute Gasteiger partial charge is 0.338 e. The molecule has 0 bridgehead atoms. The van der Waals surface area contributed by atoms with Gasteiger partial charge in [-0.25, -0.2) is 13.6 Å². The van der Waals surface area contributed by atoms with Crippen LogP contribution in [0.4, 0.5) is 13.6 Å². The molecule has 1 aromatic rings. The third-order valence-corrected chi connectivity index (χ3v) is 4.58. The van der Waals surface area contributed by atoms with Crippen LogP contribution in [0.3, 0.4) is 0 Å². The lowest BCUT2D eigenvalue weighted by atomic mass is 9.93. The molecule has 1 heterocycles. The molecule has 2 rings (SSSR count). The van der Waals surface area contributed by atoms with E-state index < -0.39 is 11.6 Å². The van der Waals surface area contributed by atoms with Crippen molar-refractivity contribution in [1.82, 2.24) is 15.1 Å². The fourth-order valence-corrected chi connectivity index (χ4v) is 3.24. The molecular formula is C17H25F2N3O. The molecule has 0 aromatic heterocycles. The van der Waals surface area contributed by atoms with Crippen molar-refractivity contribution in [3.63, 3.8) is 0 Å². The first-order chi connectivity index (χ1) is 10.9. The zero-order valence-electron chi connectivity index (χ0n) is 14.0. The second-order valence-corrected chi connectivity index (χ2v) is 6.40. The van der Waals surface area contributed by atoms with Gasteiger partial charge < -0.3 is 15.1 Å². The molecule has 0 saturated carbocycles. The number of carbonyl (C=O) groups is 1. The van der Waals surface area contributed by atoms with Gasteiger partial charge in [-0.3, -0.25) is 0 Å². The van der Waals surface area contributed by atoms with Crippen molar-refractivity contribution >= 4 is 6.03 Å². The summed E-state index contributed by atoms with van der Waals surface area (Å²) in [5.74, 6) is -1.28. The summed E-state index contributed by atoms with van der Waals surface area (Å²) < 4.78 is 26.7. The molecule has 128 valence electrons. The van der Waals surface area contributed by atoms with Crippen LogP contribution >= 0.6 is 0 Å². The summed E-state index contributed by atoms with van der Waals surface area (Å²) in [5.41, 5.74) is 0.278. The molecule has 0 radical (unpaired) electrons. The lowest BCUT2D eigenvalue weighted by Crippen LogP contribution is -2.52. The second-order valence-electron chi connectivity index (χ2n) is 6.40. The van der Waals surface area contributed by atoms with E-state index in [9.17, 15) is 13.6 Å². The number of hydrogen-bond acceptors (Lipinski definition) is 2. The molecule has 1 aromatic carbocycles. The predicted molar refractivity (Wildman–Crippen MR) is 86.3 cm³/mol. The Hall–Kier alpha value is -1.69. The summed E-state index contributed by atoms with van der Waals surface area (Å²) in [6, 6.07) is 4.14. The number of benzene rings is 1. The first-order valence-electron chi connectivity index (χ1n) is 8.02. The Bertz CT molecular complexity index is 553. The smallest absolute Gasteiger partial charge is 0.317 e. The van der Waals surface area contributed by atoms with Gasteiger partial charge in [-0.05, 0) is 44.0 Å². The molecule has 4 nitrogen and oxygen atoms in total.